The number of ether oxygens (including phenoxy) is 2. The molecule has 116 valence electrons. The highest BCUT2D eigenvalue weighted by molar-refractivity contribution is 5.96. The molecule has 1 rings (SSSR count). The SMILES string of the molecule is CCOC(=O)C(C(=O)OCC)C(C)(O)c1ccc(F)cc1. The molecule has 21 heavy (non-hydrogen) atoms. The molecule has 1 N–H and O–H groups in total. The quantitative estimate of drug-likeness (QED) is 0.640. The van der Waals surface area contributed by atoms with E-state index in [9.17, 15) is 19.1 Å². The summed E-state index contributed by atoms with van der Waals surface area (Å²) in [5.41, 5.74) is -1.65. The highest BCUT2D eigenvalue weighted by atomic mass is 19.1. The smallest absolute Gasteiger partial charge is 0.323 e. The summed E-state index contributed by atoms with van der Waals surface area (Å²) in [6, 6.07) is 4.88. The van der Waals surface area contributed by atoms with Gasteiger partial charge in [-0.1, -0.05) is 12.1 Å². The monoisotopic (exact) mass is 298 g/mol. The van der Waals surface area contributed by atoms with Gasteiger partial charge in [-0.05, 0) is 38.5 Å². The Bertz CT molecular complexity index is 477. The van der Waals surface area contributed by atoms with Crippen LogP contribution in [0.5, 0.6) is 0 Å². The van der Waals surface area contributed by atoms with Crippen molar-refractivity contribution in [2.24, 2.45) is 5.92 Å². The molecular weight excluding hydrogens is 279 g/mol. The van der Waals surface area contributed by atoms with Crippen LogP contribution in [0.4, 0.5) is 4.39 Å². The summed E-state index contributed by atoms with van der Waals surface area (Å²) in [5.74, 6) is -3.79. The van der Waals surface area contributed by atoms with Crippen molar-refractivity contribution < 1.29 is 28.6 Å². The number of rotatable bonds is 6. The zero-order chi connectivity index (χ0) is 16.0. The van der Waals surface area contributed by atoms with E-state index in [4.69, 9.17) is 9.47 Å². The third-order valence-electron chi connectivity index (χ3n) is 3.04. The summed E-state index contributed by atoms with van der Waals surface area (Å²) in [6.07, 6.45) is 0. The van der Waals surface area contributed by atoms with E-state index >= 15 is 0 Å². The van der Waals surface area contributed by atoms with Crippen LogP contribution in [0.3, 0.4) is 0 Å². The summed E-state index contributed by atoms with van der Waals surface area (Å²) >= 11 is 0. The maximum Gasteiger partial charge on any atom is 0.323 e. The molecule has 1 aromatic carbocycles. The molecule has 0 amide bonds. The maximum atomic E-state index is 13.0. The van der Waals surface area contributed by atoms with Crippen LogP contribution in [0.15, 0.2) is 24.3 Å². The molecule has 5 nitrogen and oxygen atoms in total. The summed E-state index contributed by atoms with van der Waals surface area (Å²) in [4.78, 5) is 24.0. The Labute approximate surface area is 122 Å². The van der Waals surface area contributed by atoms with Crippen LogP contribution in [-0.4, -0.2) is 30.3 Å². The van der Waals surface area contributed by atoms with Crippen molar-refractivity contribution in [1.82, 2.24) is 0 Å². The Hall–Kier alpha value is -1.95. The molecule has 0 fully saturated rings. The zero-order valence-corrected chi connectivity index (χ0v) is 12.3. The number of carbonyl (C=O) groups is 2. The molecule has 0 aliphatic heterocycles. The topological polar surface area (TPSA) is 72.8 Å². The number of carbonyl (C=O) groups excluding carboxylic acids is 2. The minimum atomic E-state index is -1.87. The number of esters is 2. The molecule has 0 heterocycles. The number of benzene rings is 1. The van der Waals surface area contributed by atoms with E-state index in [2.05, 4.69) is 0 Å². The van der Waals surface area contributed by atoms with Gasteiger partial charge in [0.1, 0.15) is 11.4 Å². The van der Waals surface area contributed by atoms with E-state index in [-0.39, 0.29) is 18.8 Å². The number of hydrogen-bond donors (Lipinski definition) is 1. The van der Waals surface area contributed by atoms with Gasteiger partial charge in [-0.15, -0.1) is 0 Å². The fourth-order valence-corrected chi connectivity index (χ4v) is 1.96. The van der Waals surface area contributed by atoms with Gasteiger partial charge in [0.15, 0.2) is 5.92 Å². The lowest BCUT2D eigenvalue weighted by Crippen LogP contribution is -2.44. The zero-order valence-electron chi connectivity index (χ0n) is 12.3. The van der Waals surface area contributed by atoms with Crippen LogP contribution in [0.25, 0.3) is 0 Å². The number of hydrogen-bond acceptors (Lipinski definition) is 5. The average molecular weight is 298 g/mol. The summed E-state index contributed by atoms with van der Waals surface area (Å²) < 4.78 is 22.6. The fraction of sp³-hybridized carbons (Fsp3) is 0.467. The van der Waals surface area contributed by atoms with Crippen molar-refractivity contribution in [3.05, 3.63) is 35.6 Å². The fourth-order valence-electron chi connectivity index (χ4n) is 1.96. The first-order chi connectivity index (χ1) is 9.84. The summed E-state index contributed by atoms with van der Waals surface area (Å²) in [5, 5.41) is 10.6. The summed E-state index contributed by atoms with van der Waals surface area (Å²) in [7, 11) is 0. The van der Waals surface area contributed by atoms with Crippen LogP contribution < -0.4 is 0 Å². The third kappa shape index (κ3) is 4.01. The normalized spacial score (nSPS) is 13.6. The van der Waals surface area contributed by atoms with Crippen LogP contribution >= 0.6 is 0 Å². The van der Waals surface area contributed by atoms with Gasteiger partial charge in [-0.3, -0.25) is 9.59 Å². The van der Waals surface area contributed by atoms with E-state index < -0.39 is 29.3 Å². The standard InChI is InChI=1S/C15H19FO5/c1-4-20-13(17)12(14(18)21-5-2)15(3,19)10-6-8-11(16)9-7-10/h6-9,12,19H,4-5H2,1-3H3. The number of aliphatic hydroxyl groups is 1. The molecule has 1 atom stereocenters. The largest absolute Gasteiger partial charge is 0.465 e. The molecule has 0 aliphatic rings. The lowest BCUT2D eigenvalue weighted by Gasteiger charge is -2.30. The Balaban J connectivity index is 3.18. The van der Waals surface area contributed by atoms with Crippen LogP contribution in [0.1, 0.15) is 26.3 Å². The maximum absolute atomic E-state index is 13.0. The van der Waals surface area contributed by atoms with Gasteiger partial charge in [-0.2, -0.15) is 0 Å². The molecule has 1 unspecified atom stereocenters. The van der Waals surface area contributed by atoms with Crippen molar-refractivity contribution in [2.75, 3.05) is 13.2 Å². The lowest BCUT2D eigenvalue weighted by atomic mass is 9.82. The van der Waals surface area contributed by atoms with Gasteiger partial charge < -0.3 is 14.6 Å². The van der Waals surface area contributed by atoms with Crippen LogP contribution in [-0.2, 0) is 24.7 Å². The van der Waals surface area contributed by atoms with Gasteiger partial charge in [-0.25, -0.2) is 4.39 Å². The highest BCUT2D eigenvalue weighted by Gasteiger charge is 2.46. The second-order valence-electron chi connectivity index (χ2n) is 4.59. The molecule has 0 saturated heterocycles. The molecule has 6 heteroatoms. The predicted octanol–water partition coefficient (Wildman–Crippen LogP) is 1.78. The van der Waals surface area contributed by atoms with E-state index in [1.165, 1.54) is 19.1 Å². The molecule has 0 spiro atoms. The Morgan fingerprint density at radius 2 is 1.57 bits per heavy atom. The Kier molecular flexibility index (Phi) is 5.84. The number of halogens is 1. The van der Waals surface area contributed by atoms with E-state index in [0.717, 1.165) is 12.1 Å². The third-order valence-corrected chi connectivity index (χ3v) is 3.04. The Morgan fingerprint density at radius 1 is 1.14 bits per heavy atom. The Morgan fingerprint density at radius 3 is 1.95 bits per heavy atom. The van der Waals surface area contributed by atoms with Gasteiger partial charge in [0, 0.05) is 0 Å². The second kappa shape index (κ2) is 7.17. The molecule has 0 bridgehead atoms. The van der Waals surface area contributed by atoms with Gasteiger partial charge in [0.05, 0.1) is 13.2 Å². The van der Waals surface area contributed by atoms with Gasteiger partial charge in [0.25, 0.3) is 0 Å². The molecule has 0 saturated carbocycles. The average Bonchev–Trinajstić information content (AvgIpc) is 2.39. The molecular formula is C15H19FO5. The molecule has 0 aliphatic carbocycles. The first-order valence-electron chi connectivity index (χ1n) is 6.66. The van der Waals surface area contributed by atoms with E-state index in [0.29, 0.717) is 0 Å². The van der Waals surface area contributed by atoms with Crippen LogP contribution in [0.2, 0.25) is 0 Å². The second-order valence-corrected chi connectivity index (χ2v) is 4.59. The van der Waals surface area contributed by atoms with E-state index in [1.54, 1.807) is 13.8 Å². The summed E-state index contributed by atoms with van der Waals surface area (Å²) in [6.45, 7) is 4.60. The molecule has 1 aromatic rings. The minimum absolute atomic E-state index is 0.0637. The molecule has 0 radical (unpaired) electrons. The highest BCUT2D eigenvalue weighted by Crippen LogP contribution is 2.31. The predicted molar refractivity (Wildman–Crippen MR) is 72.7 cm³/mol. The van der Waals surface area contributed by atoms with Crippen molar-refractivity contribution in [3.63, 3.8) is 0 Å². The lowest BCUT2D eigenvalue weighted by molar-refractivity contribution is -0.174. The first-order valence-corrected chi connectivity index (χ1v) is 6.66. The first kappa shape index (κ1) is 17.1. The minimum Gasteiger partial charge on any atom is -0.465 e. The van der Waals surface area contributed by atoms with Gasteiger partial charge in [0.2, 0.25) is 0 Å². The molecule has 0 aromatic heterocycles. The van der Waals surface area contributed by atoms with E-state index in [1.807, 2.05) is 0 Å². The van der Waals surface area contributed by atoms with Crippen molar-refractivity contribution >= 4 is 11.9 Å². The van der Waals surface area contributed by atoms with Crippen molar-refractivity contribution in [1.29, 1.82) is 0 Å². The van der Waals surface area contributed by atoms with Crippen molar-refractivity contribution in [2.45, 2.75) is 26.4 Å². The van der Waals surface area contributed by atoms with Gasteiger partial charge >= 0.3 is 11.9 Å². The van der Waals surface area contributed by atoms with Crippen LogP contribution in [0, 0.1) is 11.7 Å². The van der Waals surface area contributed by atoms with Crippen molar-refractivity contribution in [3.8, 4) is 0 Å².